The van der Waals surface area contributed by atoms with Crippen LogP contribution in [0.15, 0.2) is 0 Å². The van der Waals surface area contributed by atoms with Gasteiger partial charge in [-0.25, -0.2) is 0 Å². The molecule has 0 saturated heterocycles. The van der Waals surface area contributed by atoms with Crippen molar-refractivity contribution in [2.24, 2.45) is 46.8 Å². The molecule has 0 aromatic heterocycles. The highest BCUT2D eigenvalue weighted by atomic mass is 79.9. The van der Waals surface area contributed by atoms with Crippen LogP contribution in [0.25, 0.3) is 0 Å². The first kappa shape index (κ1) is 19.7. The Labute approximate surface area is 170 Å². The van der Waals surface area contributed by atoms with Crippen molar-refractivity contribution >= 4 is 15.9 Å². The van der Waals surface area contributed by atoms with Gasteiger partial charge in [-0.3, -0.25) is 0 Å². The second kappa shape index (κ2) is 7.36. The number of fused-ring (bicyclic) bond motifs is 5. The number of hydrogen-bond acceptors (Lipinski definition) is 1. The topological polar surface area (TPSA) is 20.2 Å². The standard InChI is InChI=1S/C24H41BrO/c1-4-11-24(26)13-10-18-17(14-24)5-6-20-19(18)9-12-23(3)21(16(2)15-25)7-8-22(20)23/h16-22,26H,4-15H2,1-3H3/t16?,17-,18-,19+,20+,21?,22-,23+,24+/m0/s1. The summed E-state index contributed by atoms with van der Waals surface area (Å²) in [7, 11) is 0. The fourth-order valence-electron chi connectivity index (χ4n) is 8.74. The lowest BCUT2D eigenvalue weighted by Gasteiger charge is -2.57. The summed E-state index contributed by atoms with van der Waals surface area (Å²) in [5.41, 5.74) is 0.286. The van der Waals surface area contributed by atoms with Gasteiger partial charge < -0.3 is 5.11 Å². The molecule has 0 aliphatic heterocycles. The predicted molar refractivity (Wildman–Crippen MR) is 113 cm³/mol. The average molecular weight is 425 g/mol. The van der Waals surface area contributed by atoms with Gasteiger partial charge in [-0.2, -0.15) is 0 Å². The molecular formula is C24H41BrO. The van der Waals surface area contributed by atoms with Crippen molar-refractivity contribution < 1.29 is 5.11 Å². The Bertz CT molecular complexity index is 506. The lowest BCUT2D eigenvalue weighted by molar-refractivity contribution is -0.110. The molecule has 1 nitrogen and oxygen atoms in total. The molecule has 2 unspecified atom stereocenters. The summed E-state index contributed by atoms with van der Waals surface area (Å²) < 4.78 is 0. The van der Waals surface area contributed by atoms with Gasteiger partial charge in [0.25, 0.3) is 0 Å². The molecular weight excluding hydrogens is 384 g/mol. The van der Waals surface area contributed by atoms with Crippen LogP contribution in [-0.4, -0.2) is 16.0 Å². The summed E-state index contributed by atoms with van der Waals surface area (Å²) in [4.78, 5) is 0. The van der Waals surface area contributed by atoms with E-state index >= 15 is 0 Å². The quantitative estimate of drug-likeness (QED) is 0.490. The number of hydrogen-bond donors (Lipinski definition) is 1. The third kappa shape index (κ3) is 3.14. The van der Waals surface area contributed by atoms with E-state index in [4.69, 9.17) is 0 Å². The minimum atomic E-state index is -0.324. The second-order valence-electron chi connectivity index (χ2n) is 11.0. The summed E-state index contributed by atoms with van der Waals surface area (Å²) in [6.07, 6.45) is 14.5. The summed E-state index contributed by atoms with van der Waals surface area (Å²) >= 11 is 3.78. The molecule has 1 N–H and O–H groups in total. The fourth-order valence-corrected chi connectivity index (χ4v) is 9.19. The van der Waals surface area contributed by atoms with Gasteiger partial charge in [0, 0.05) is 5.33 Å². The molecule has 0 spiro atoms. The molecule has 0 amide bonds. The maximum atomic E-state index is 11.0. The monoisotopic (exact) mass is 424 g/mol. The average Bonchev–Trinajstić information content (AvgIpc) is 2.98. The van der Waals surface area contributed by atoms with E-state index in [2.05, 4.69) is 36.7 Å². The molecule has 4 aliphatic carbocycles. The second-order valence-corrected chi connectivity index (χ2v) is 11.7. The van der Waals surface area contributed by atoms with E-state index in [9.17, 15) is 5.11 Å². The van der Waals surface area contributed by atoms with E-state index in [0.717, 1.165) is 67.1 Å². The first-order chi connectivity index (χ1) is 12.4. The smallest absolute Gasteiger partial charge is 0.0650 e. The van der Waals surface area contributed by atoms with E-state index in [1.807, 2.05) is 0 Å². The lowest BCUT2D eigenvalue weighted by atomic mass is 9.48. The third-order valence-corrected chi connectivity index (χ3v) is 10.8. The Morgan fingerprint density at radius 3 is 2.50 bits per heavy atom. The third-order valence-electron chi connectivity index (χ3n) is 9.82. The van der Waals surface area contributed by atoms with Crippen LogP contribution in [-0.2, 0) is 0 Å². The molecule has 4 aliphatic rings. The van der Waals surface area contributed by atoms with Crippen molar-refractivity contribution in [3.05, 3.63) is 0 Å². The van der Waals surface area contributed by atoms with E-state index in [1.165, 1.54) is 50.3 Å². The molecule has 0 aromatic rings. The number of rotatable bonds is 4. The Balaban J connectivity index is 1.49. The Morgan fingerprint density at radius 2 is 1.77 bits per heavy atom. The molecule has 0 radical (unpaired) electrons. The van der Waals surface area contributed by atoms with Crippen LogP contribution in [0.5, 0.6) is 0 Å². The highest BCUT2D eigenvalue weighted by molar-refractivity contribution is 9.09. The molecule has 150 valence electrons. The Morgan fingerprint density at radius 1 is 1.00 bits per heavy atom. The van der Waals surface area contributed by atoms with Gasteiger partial charge in [-0.05, 0) is 111 Å². The SMILES string of the molecule is CCC[C@@]1(O)CC[C@H]2[C@@H](CC[C@@H]3[C@@H]2CC[C@]2(C)C(C(C)CBr)CC[C@@H]32)C1. The van der Waals surface area contributed by atoms with Crippen molar-refractivity contribution in [2.75, 3.05) is 5.33 Å². The zero-order chi connectivity index (χ0) is 18.5. The summed E-state index contributed by atoms with van der Waals surface area (Å²) in [6.45, 7) is 7.37. The van der Waals surface area contributed by atoms with Gasteiger partial charge in [-0.1, -0.05) is 43.1 Å². The van der Waals surface area contributed by atoms with E-state index in [1.54, 1.807) is 0 Å². The van der Waals surface area contributed by atoms with Crippen LogP contribution < -0.4 is 0 Å². The molecule has 0 bridgehead atoms. The van der Waals surface area contributed by atoms with Gasteiger partial charge in [0.2, 0.25) is 0 Å². The van der Waals surface area contributed by atoms with E-state index < -0.39 is 0 Å². The maximum absolute atomic E-state index is 11.0. The van der Waals surface area contributed by atoms with Gasteiger partial charge in [-0.15, -0.1) is 0 Å². The normalized spacial score (nSPS) is 52.0. The highest BCUT2D eigenvalue weighted by Crippen LogP contribution is 2.65. The van der Waals surface area contributed by atoms with Crippen LogP contribution in [0.3, 0.4) is 0 Å². The van der Waals surface area contributed by atoms with Crippen molar-refractivity contribution in [3.63, 3.8) is 0 Å². The predicted octanol–water partition coefficient (Wildman–Crippen LogP) is 6.82. The van der Waals surface area contributed by atoms with E-state index in [-0.39, 0.29) is 5.60 Å². The molecule has 0 heterocycles. The molecule has 4 saturated carbocycles. The number of halogens is 1. The molecule has 0 aromatic carbocycles. The van der Waals surface area contributed by atoms with E-state index in [0.29, 0.717) is 5.41 Å². The van der Waals surface area contributed by atoms with Gasteiger partial charge in [0.1, 0.15) is 0 Å². The Kier molecular flexibility index (Phi) is 5.59. The zero-order valence-corrected chi connectivity index (χ0v) is 18.9. The van der Waals surface area contributed by atoms with Crippen molar-refractivity contribution in [3.8, 4) is 0 Å². The zero-order valence-electron chi connectivity index (χ0n) is 17.4. The fraction of sp³-hybridized carbons (Fsp3) is 1.00. The molecule has 9 atom stereocenters. The van der Waals surface area contributed by atoms with Gasteiger partial charge in [0.05, 0.1) is 5.60 Å². The van der Waals surface area contributed by atoms with Crippen LogP contribution in [0, 0.1) is 46.8 Å². The first-order valence-corrected chi connectivity index (χ1v) is 12.8. The molecule has 4 rings (SSSR count). The lowest BCUT2D eigenvalue weighted by Crippen LogP contribution is -2.51. The minimum absolute atomic E-state index is 0.324. The maximum Gasteiger partial charge on any atom is 0.0650 e. The van der Waals surface area contributed by atoms with Crippen LogP contribution in [0.1, 0.15) is 91.4 Å². The molecule has 26 heavy (non-hydrogen) atoms. The summed E-state index contributed by atoms with van der Waals surface area (Å²) in [5.74, 6) is 6.50. The van der Waals surface area contributed by atoms with Crippen LogP contribution >= 0.6 is 15.9 Å². The highest BCUT2D eigenvalue weighted by Gasteiger charge is 2.58. The van der Waals surface area contributed by atoms with Crippen molar-refractivity contribution in [1.29, 1.82) is 0 Å². The summed E-state index contributed by atoms with van der Waals surface area (Å²) in [5, 5.41) is 12.2. The van der Waals surface area contributed by atoms with Crippen LogP contribution in [0.2, 0.25) is 0 Å². The van der Waals surface area contributed by atoms with Crippen molar-refractivity contribution in [1.82, 2.24) is 0 Å². The minimum Gasteiger partial charge on any atom is -0.390 e. The largest absolute Gasteiger partial charge is 0.390 e. The molecule has 4 fully saturated rings. The first-order valence-electron chi connectivity index (χ1n) is 11.7. The van der Waals surface area contributed by atoms with Gasteiger partial charge in [0.15, 0.2) is 0 Å². The van der Waals surface area contributed by atoms with Gasteiger partial charge >= 0.3 is 0 Å². The van der Waals surface area contributed by atoms with Crippen LogP contribution in [0.4, 0.5) is 0 Å². The molecule has 2 heteroatoms. The Hall–Kier alpha value is 0.440. The number of aliphatic hydroxyl groups is 1. The summed E-state index contributed by atoms with van der Waals surface area (Å²) in [6, 6.07) is 0. The van der Waals surface area contributed by atoms with Crippen molar-refractivity contribution in [2.45, 2.75) is 97.0 Å². The number of alkyl halides is 1.